The third-order valence-electron chi connectivity index (χ3n) is 5.04. The summed E-state index contributed by atoms with van der Waals surface area (Å²) in [5.74, 6) is 0.844. The number of esters is 4. The Bertz CT molecular complexity index is 1620. The van der Waals surface area contributed by atoms with Gasteiger partial charge in [-0.2, -0.15) is 0 Å². The molecule has 41 heavy (non-hydrogen) atoms. The Balaban J connectivity index is 2.15. The fourth-order valence-electron chi connectivity index (χ4n) is 3.19. The number of hydrogen-bond donors (Lipinski definition) is 0. The highest BCUT2D eigenvalue weighted by Gasteiger charge is 2.24. The van der Waals surface area contributed by atoms with Gasteiger partial charge in [0.15, 0.2) is 11.6 Å². The molecule has 9 heteroatoms. The molecule has 0 spiro atoms. The summed E-state index contributed by atoms with van der Waals surface area (Å²) < 4.78 is 36.6. The minimum atomic E-state index is -1.07. The molecule has 0 amide bonds. The van der Waals surface area contributed by atoms with Gasteiger partial charge < -0.3 is 18.9 Å². The highest BCUT2D eigenvalue weighted by atomic mass is 19.1. The number of halogens is 1. The molecule has 204 valence electrons. The molecule has 0 fully saturated rings. The third-order valence-corrected chi connectivity index (χ3v) is 5.04. The van der Waals surface area contributed by atoms with E-state index in [2.05, 4.69) is 38.2 Å². The highest BCUT2D eigenvalue weighted by molar-refractivity contribution is 5.88. The molecule has 3 aromatic rings. The molecule has 3 aromatic carbocycles. The van der Waals surface area contributed by atoms with E-state index in [1.165, 1.54) is 54.6 Å². The lowest BCUT2D eigenvalue weighted by molar-refractivity contribution is -0.130. The van der Waals surface area contributed by atoms with Crippen molar-refractivity contribution < 1.29 is 42.5 Å². The lowest BCUT2D eigenvalue weighted by atomic mass is 10.00. The van der Waals surface area contributed by atoms with E-state index in [1.807, 2.05) is 0 Å². The second-order valence-electron chi connectivity index (χ2n) is 7.74. The molecule has 8 nitrogen and oxygen atoms in total. The lowest BCUT2D eigenvalue weighted by Gasteiger charge is -2.15. The Labute approximate surface area is 234 Å². The molecule has 0 heterocycles. The molecular formula is C32H21FO8. The molecule has 0 radical (unpaired) electrons. The fraction of sp³-hybridized carbons (Fsp3) is 0. The van der Waals surface area contributed by atoms with Crippen LogP contribution in [0.25, 0.3) is 11.1 Å². The summed E-state index contributed by atoms with van der Waals surface area (Å²) in [6, 6.07) is 12.9. The van der Waals surface area contributed by atoms with Gasteiger partial charge >= 0.3 is 23.9 Å². The number of benzene rings is 3. The maximum Gasteiger partial charge on any atom is 0.335 e. The topological polar surface area (TPSA) is 105 Å². The largest absolute Gasteiger partial charge is 0.423 e. The van der Waals surface area contributed by atoms with Gasteiger partial charge in [-0.25, -0.2) is 23.6 Å². The Hall–Kier alpha value is -6.01. The van der Waals surface area contributed by atoms with Crippen LogP contribution in [0.2, 0.25) is 0 Å². The average molecular weight is 553 g/mol. The first-order chi connectivity index (χ1) is 19.7. The first kappa shape index (κ1) is 29.5. The zero-order chi connectivity index (χ0) is 29.9. The van der Waals surface area contributed by atoms with E-state index >= 15 is 4.39 Å². The van der Waals surface area contributed by atoms with Crippen molar-refractivity contribution in [3.05, 3.63) is 122 Å². The van der Waals surface area contributed by atoms with Crippen LogP contribution in [0.5, 0.6) is 23.0 Å². The van der Waals surface area contributed by atoms with Crippen LogP contribution in [-0.2, 0) is 19.2 Å². The maximum atomic E-state index is 16.1. The lowest BCUT2D eigenvalue weighted by Crippen LogP contribution is -2.10. The van der Waals surface area contributed by atoms with E-state index in [4.69, 9.17) is 18.9 Å². The van der Waals surface area contributed by atoms with Crippen molar-refractivity contribution in [3.63, 3.8) is 0 Å². The second-order valence-corrected chi connectivity index (χ2v) is 7.74. The zero-order valence-corrected chi connectivity index (χ0v) is 21.5. The van der Waals surface area contributed by atoms with E-state index in [1.54, 1.807) is 0 Å². The van der Waals surface area contributed by atoms with Gasteiger partial charge in [-0.15, -0.1) is 0 Å². The summed E-state index contributed by atoms with van der Waals surface area (Å²) in [5.41, 5.74) is 0.246. The summed E-state index contributed by atoms with van der Waals surface area (Å²) in [6.07, 6.45) is 3.72. The second kappa shape index (κ2) is 13.7. The molecule has 0 atom stereocenters. The Morgan fingerprint density at radius 3 is 1.61 bits per heavy atom. The van der Waals surface area contributed by atoms with Crippen molar-refractivity contribution in [1.82, 2.24) is 0 Å². The predicted molar refractivity (Wildman–Crippen MR) is 148 cm³/mol. The number of rotatable bonds is 9. The average Bonchev–Trinajstić information content (AvgIpc) is 2.98. The van der Waals surface area contributed by atoms with Gasteiger partial charge in [0.25, 0.3) is 0 Å². The summed E-state index contributed by atoms with van der Waals surface area (Å²) in [5, 5.41) is 0. The highest BCUT2D eigenvalue weighted by Crippen LogP contribution is 2.41. The van der Waals surface area contributed by atoms with Gasteiger partial charge in [-0.1, -0.05) is 50.3 Å². The molecule has 0 unspecified atom stereocenters. The van der Waals surface area contributed by atoms with Crippen LogP contribution >= 0.6 is 0 Å². The van der Waals surface area contributed by atoms with Crippen LogP contribution in [0, 0.1) is 17.7 Å². The molecule has 0 saturated heterocycles. The van der Waals surface area contributed by atoms with Crippen LogP contribution in [0.1, 0.15) is 11.1 Å². The number of carbonyl (C=O) groups excluding carboxylic acids is 4. The van der Waals surface area contributed by atoms with Crippen LogP contribution in [0.3, 0.4) is 0 Å². The number of ether oxygens (including phenoxy) is 4. The van der Waals surface area contributed by atoms with E-state index in [0.29, 0.717) is 5.56 Å². The molecule has 0 aliphatic heterocycles. The molecule has 0 saturated carbocycles. The zero-order valence-electron chi connectivity index (χ0n) is 21.5. The Kier molecular flexibility index (Phi) is 9.86. The van der Waals surface area contributed by atoms with E-state index in [-0.39, 0.29) is 33.9 Å². The van der Waals surface area contributed by atoms with Gasteiger partial charge in [0.1, 0.15) is 17.2 Å². The summed E-state index contributed by atoms with van der Waals surface area (Å²) in [7, 11) is 0. The van der Waals surface area contributed by atoms with Crippen LogP contribution in [0.4, 0.5) is 4.39 Å². The van der Waals surface area contributed by atoms with Crippen LogP contribution < -0.4 is 18.9 Å². The van der Waals surface area contributed by atoms with Gasteiger partial charge in [-0.05, 0) is 42.0 Å². The molecular weight excluding hydrogens is 531 g/mol. The standard InChI is InChI=1S/C32H21FO8/c1-5-26(34)38-23-15-10-20(11-16-23)9-12-22-19-25(40-28(36)7-3)30(31(33)32(22)41-29(37)8-4)21-13-17-24(18-14-21)39-27(35)6-2/h5-8,10-11,13-19H,1-4H2. The Morgan fingerprint density at radius 2 is 1.10 bits per heavy atom. The van der Waals surface area contributed by atoms with Crippen molar-refractivity contribution in [2.75, 3.05) is 0 Å². The van der Waals surface area contributed by atoms with Crippen molar-refractivity contribution >= 4 is 23.9 Å². The summed E-state index contributed by atoms with van der Waals surface area (Å²) in [6.45, 7) is 13.3. The number of hydrogen-bond acceptors (Lipinski definition) is 8. The molecule has 0 bridgehead atoms. The SMILES string of the molecule is C=CC(=O)Oc1ccc(C#Cc2cc(OC(=O)C=C)c(-c3ccc(OC(=O)C=C)cc3)c(F)c2OC(=O)C=C)cc1. The van der Waals surface area contributed by atoms with Gasteiger partial charge in [0.05, 0.1) is 11.1 Å². The smallest absolute Gasteiger partial charge is 0.335 e. The molecule has 0 N–H and O–H groups in total. The van der Waals surface area contributed by atoms with Crippen molar-refractivity contribution in [2.24, 2.45) is 0 Å². The quantitative estimate of drug-likeness (QED) is 0.153. The van der Waals surface area contributed by atoms with Crippen LogP contribution in [0.15, 0.2) is 105 Å². The first-order valence-corrected chi connectivity index (χ1v) is 11.6. The molecule has 0 aliphatic carbocycles. The maximum absolute atomic E-state index is 16.1. The summed E-state index contributed by atoms with van der Waals surface area (Å²) in [4.78, 5) is 47.1. The van der Waals surface area contributed by atoms with Crippen molar-refractivity contribution in [3.8, 4) is 46.0 Å². The minimum absolute atomic E-state index is 0.132. The summed E-state index contributed by atoms with van der Waals surface area (Å²) >= 11 is 0. The molecule has 0 aromatic heterocycles. The van der Waals surface area contributed by atoms with Gasteiger partial charge in [0, 0.05) is 35.9 Å². The first-order valence-electron chi connectivity index (χ1n) is 11.6. The van der Waals surface area contributed by atoms with E-state index in [0.717, 1.165) is 24.3 Å². The van der Waals surface area contributed by atoms with E-state index in [9.17, 15) is 19.2 Å². The molecule has 3 rings (SSSR count). The minimum Gasteiger partial charge on any atom is -0.423 e. The van der Waals surface area contributed by atoms with Crippen molar-refractivity contribution in [2.45, 2.75) is 0 Å². The van der Waals surface area contributed by atoms with Gasteiger partial charge in [-0.3, -0.25) is 0 Å². The van der Waals surface area contributed by atoms with Crippen molar-refractivity contribution in [1.29, 1.82) is 0 Å². The molecule has 0 aliphatic rings. The van der Waals surface area contributed by atoms with E-state index < -0.39 is 35.4 Å². The monoisotopic (exact) mass is 552 g/mol. The Morgan fingerprint density at radius 1 is 0.634 bits per heavy atom. The normalized spacial score (nSPS) is 9.68. The van der Waals surface area contributed by atoms with Gasteiger partial charge in [0.2, 0.25) is 0 Å². The number of carbonyl (C=O) groups is 4. The predicted octanol–water partition coefficient (Wildman–Crippen LogP) is 5.26. The fourth-order valence-corrected chi connectivity index (χ4v) is 3.19. The van der Waals surface area contributed by atoms with Crippen LogP contribution in [-0.4, -0.2) is 23.9 Å². The third kappa shape index (κ3) is 7.75.